The first-order chi connectivity index (χ1) is 9.54. The minimum atomic E-state index is -0.309. The zero-order valence-electron chi connectivity index (χ0n) is 10.7. The van der Waals surface area contributed by atoms with Crippen molar-refractivity contribution in [1.29, 1.82) is 0 Å². The minimum absolute atomic E-state index is 0.220. The summed E-state index contributed by atoms with van der Waals surface area (Å²) in [6, 6.07) is 11.3. The van der Waals surface area contributed by atoms with E-state index < -0.39 is 0 Å². The number of aromatic amines is 2. The number of alkyl halides is 1. The predicted octanol–water partition coefficient (Wildman–Crippen LogP) is 4.15. The minimum Gasteiger partial charge on any atom is -0.306 e. The first kappa shape index (κ1) is 13.3. The highest BCUT2D eigenvalue weighted by molar-refractivity contribution is 6.31. The zero-order valence-corrected chi connectivity index (χ0v) is 12.2. The molecule has 0 spiro atoms. The van der Waals surface area contributed by atoms with Crippen molar-refractivity contribution in [1.82, 2.24) is 9.97 Å². The third-order valence-corrected chi connectivity index (χ3v) is 4.07. The Morgan fingerprint density at radius 2 is 1.80 bits per heavy atom. The average Bonchev–Trinajstić information content (AvgIpc) is 2.79. The molecule has 3 aromatic rings. The van der Waals surface area contributed by atoms with E-state index in [0.29, 0.717) is 5.02 Å². The predicted molar refractivity (Wildman–Crippen MR) is 82.8 cm³/mol. The molecule has 2 aromatic carbocycles. The number of benzene rings is 2. The summed E-state index contributed by atoms with van der Waals surface area (Å²) in [6.45, 7) is 2.00. The van der Waals surface area contributed by atoms with Crippen molar-refractivity contribution in [3.63, 3.8) is 0 Å². The Hall–Kier alpha value is -1.71. The molecule has 0 aliphatic carbocycles. The summed E-state index contributed by atoms with van der Waals surface area (Å²) in [5, 5.41) is 0.351. The van der Waals surface area contributed by atoms with Gasteiger partial charge in [-0.05, 0) is 47.9 Å². The van der Waals surface area contributed by atoms with Crippen LogP contribution < -0.4 is 5.69 Å². The topological polar surface area (TPSA) is 48.6 Å². The molecular weight excluding hydrogens is 295 g/mol. The van der Waals surface area contributed by atoms with Gasteiger partial charge in [0.25, 0.3) is 0 Å². The van der Waals surface area contributed by atoms with Crippen LogP contribution in [0, 0.1) is 6.92 Å². The summed E-state index contributed by atoms with van der Waals surface area (Å²) in [4.78, 5) is 16.7. The van der Waals surface area contributed by atoms with Crippen LogP contribution in [0.1, 0.15) is 22.1 Å². The average molecular weight is 307 g/mol. The van der Waals surface area contributed by atoms with E-state index in [1.807, 2.05) is 43.3 Å². The number of halogens is 2. The summed E-state index contributed by atoms with van der Waals surface area (Å²) in [6.07, 6.45) is 0. The van der Waals surface area contributed by atoms with Crippen LogP contribution in [0.5, 0.6) is 0 Å². The molecule has 0 bridgehead atoms. The molecule has 3 nitrogen and oxygen atoms in total. The number of hydrogen-bond acceptors (Lipinski definition) is 1. The second-order valence-electron chi connectivity index (χ2n) is 4.75. The molecule has 3 rings (SSSR count). The highest BCUT2D eigenvalue weighted by atomic mass is 35.5. The van der Waals surface area contributed by atoms with E-state index in [2.05, 4.69) is 9.97 Å². The second kappa shape index (κ2) is 5.00. The van der Waals surface area contributed by atoms with Gasteiger partial charge in [-0.25, -0.2) is 4.79 Å². The van der Waals surface area contributed by atoms with E-state index >= 15 is 0 Å². The van der Waals surface area contributed by atoms with Crippen LogP contribution >= 0.6 is 23.2 Å². The van der Waals surface area contributed by atoms with Crippen LogP contribution in [-0.2, 0) is 0 Å². The maximum absolute atomic E-state index is 11.3. The molecule has 0 saturated carbocycles. The lowest BCUT2D eigenvalue weighted by Crippen LogP contribution is -1.99. The summed E-state index contributed by atoms with van der Waals surface area (Å²) in [5.74, 6) is 0. The lowest BCUT2D eigenvalue weighted by Gasteiger charge is -2.13. The Morgan fingerprint density at radius 1 is 1.05 bits per heavy atom. The fourth-order valence-electron chi connectivity index (χ4n) is 2.27. The van der Waals surface area contributed by atoms with Crippen molar-refractivity contribution in [2.45, 2.75) is 12.3 Å². The molecule has 1 atom stereocenters. The quantitative estimate of drug-likeness (QED) is 0.687. The Morgan fingerprint density at radius 3 is 2.60 bits per heavy atom. The van der Waals surface area contributed by atoms with Crippen molar-refractivity contribution in [3.05, 3.63) is 68.6 Å². The van der Waals surface area contributed by atoms with Crippen molar-refractivity contribution in [3.8, 4) is 0 Å². The molecule has 5 heteroatoms. The summed E-state index contributed by atoms with van der Waals surface area (Å²) in [7, 11) is 0. The Kier molecular flexibility index (Phi) is 3.32. The highest BCUT2D eigenvalue weighted by Gasteiger charge is 2.14. The van der Waals surface area contributed by atoms with Crippen LogP contribution in [0.25, 0.3) is 11.0 Å². The van der Waals surface area contributed by atoms with Gasteiger partial charge in [-0.2, -0.15) is 0 Å². The van der Waals surface area contributed by atoms with E-state index in [1.165, 1.54) is 0 Å². The maximum Gasteiger partial charge on any atom is 0.323 e. The van der Waals surface area contributed by atoms with Crippen LogP contribution in [0.15, 0.2) is 41.2 Å². The van der Waals surface area contributed by atoms with Crippen molar-refractivity contribution in [2.24, 2.45) is 0 Å². The molecular formula is C15H12Cl2N2O. The number of rotatable bonds is 2. The van der Waals surface area contributed by atoms with Crippen LogP contribution in [0.4, 0.5) is 0 Å². The van der Waals surface area contributed by atoms with Crippen molar-refractivity contribution >= 4 is 34.2 Å². The second-order valence-corrected chi connectivity index (χ2v) is 5.62. The number of H-pyrrole nitrogens is 2. The number of aryl methyl sites for hydroxylation is 1. The highest BCUT2D eigenvalue weighted by Crippen LogP contribution is 2.33. The molecule has 2 N–H and O–H groups in total. The normalized spacial score (nSPS) is 12.8. The van der Waals surface area contributed by atoms with Gasteiger partial charge in [0.1, 0.15) is 0 Å². The Bertz CT molecular complexity index is 835. The van der Waals surface area contributed by atoms with Gasteiger partial charge in [-0.3, -0.25) is 0 Å². The largest absolute Gasteiger partial charge is 0.323 e. The summed E-state index contributed by atoms with van der Waals surface area (Å²) >= 11 is 12.6. The maximum atomic E-state index is 11.3. The Labute approximate surface area is 125 Å². The van der Waals surface area contributed by atoms with Gasteiger partial charge in [0, 0.05) is 5.02 Å². The van der Waals surface area contributed by atoms with Crippen LogP contribution in [-0.4, -0.2) is 9.97 Å². The van der Waals surface area contributed by atoms with Gasteiger partial charge in [0.15, 0.2) is 0 Å². The number of aromatic nitrogens is 2. The van der Waals surface area contributed by atoms with Crippen LogP contribution in [0.3, 0.4) is 0 Å². The SMILES string of the molecule is Cc1ccc(Cl)cc1C(Cl)c1ccc2[nH]c(=O)[nH]c2c1. The number of hydrogen-bond donors (Lipinski definition) is 2. The summed E-state index contributed by atoms with van der Waals surface area (Å²) < 4.78 is 0. The first-order valence-electron chi connectivity index (χ1n) is 6.16. The molecule has 102 valence electrons. The van der Waals surface area contributed by atoms with E-state index in [9.17, 15) is 4.79 Å². The van der Waals surface area contributed by atoms with Gasteiger partial charge in [0.05, 0.1) is 16.4 Å². The number of fused-ring (bicyclic) bond motifs is 1. The molecule has 1 heterocycles. The first-order valence-corrected chi connectivity index (χ1v) is 6.98. The Balaban J connectivity index is 2.09. The third-order valence-electron chi connectivity index (χ3n) is 3.35. The fourth-order valence-corrected chi connectivity index (χ4v) is 2.82. The molecule has 0 amide bonds. The van der Waals surface area contributed by atoms with Gasteiger partial charge in [0.2, 0.25) is 0 Å². The number of nitrogens with one attached hydrogen (secondary N) is 2. The molecule has 0 saturated heterocycles. The third kappa shape index (κ3) is 2.35. The lowest BCUT2D eigenvalue weighted by molar-refractivity contribution is 1.11. The van der Waals surface area contributed by atoms with Gasteiger partial charge < -0.3 is 9.97 Å². The van der Waals surface area contributed by atoms with Gasteiger partial charge >= 0.3 is 5.69 Å². The lowest BCUT2D eigenvalue weighted by atomic mass is 10.00. The fraction of sp³-hybridized carbons (Fsp3) is 0.133. The smallest absolute Gasteiger partial charge is 0.306 e. The molecule has 0 fully saturated rings. The molecule has 0 aliphatic rings. The molecule has 0 radical (unpaired) electrons. The van der Waals surface area contributed by atoms with Crippen molar-refractivity contribution in [2.75, 3.05) is 0 Å². The molecule has 1 aromatic heterocycles. The van der Waals surface area contributed by atoms with E-state index in [-0.39, 0.29) is 11.1 Å². The molecule has 1 unspecified atom stereocenters. The van der Waals surface area contributed by atoms with E-state index in [0.717, 1.165) is 27.7 Å². The van der Waals surface area contributed by atoms with Gasteiger partial charge in [-0.15, -0.1) is 11.6 Å². The summed E-state index contributed by atoms with van der Waals surface area (Å²) in [5.41, 5.74) is 4.26. The standard InChI is InChI=1S/C15H12Cl2N2O/c1-8-2-4-10(16)7-11(8)14(17)9-3-5-12-13(6-9)19-15(20)18-12/h2-7,14H,1H3,(H2,18,19,20). The van der Waals surface area contributed by atoms with Gasteiger partial charge in [-0.1, -0.05) is 23.7 Å². The molecule has 20 heavy (non-hydrogen) atoms. The van der Waals surface area contributed by atoms with E-state index in [1.54, 1.807) is 0 Å². The molecule has 0 aliphatic heterocycles. The van der Waals surface area contributed by atoms with E-state index in [4.69, 9.17) is 23.2 Å². The number of imidazole rings is 1. The monoisotopic (exact) mass is 306 g/mol. The zero-order chi connectivity index (χ0) is 14.3. The van der Waals surface area contributed by atoms with Crippen molar-refractivity contribution < 1.29 is 0 Å². The van der Waals surface area contributed by atoms with Crippen LogP contribution in [0.2, 0.25) is 5.02 Å².